The molecule has 4 rings (SSSR count). The van der Waals surface area contributed by atoms with Gasteiger partial charge in [0.15, 0.2) is 0 Å². The third kappa shape index (κ3) is 4.94. The quantitative estimate of drug-likeness (QED) is 0.731. The number of hydrogen-bond donors (Lipinski definition) is 1. The minimum Gasteiger partial charge on any atom is -0.379 e. The van der Waals surface area contributed by atoms with Gasteiger partial charge in [0.1, 0.15) is 5.82 Å². The van der Waals surface area contributed by atoms with Crippen LogP contribution in [0, 0.1) is 5.92 Å². The van der Waals surface area contributed by atoms with Crippen LogP contribution >= 0.6 is 0 Å². The highest BCUT2D eigenvalue weighted by Gasteiger charge is 2.27. The first-order valence-electron chi connectivity index (χ1n) is 11.2. The highest BCUT2D eigenvalue weighted by molar-refractivity contribution is 7.89. The van der Waals surface area contributed by atoms with Crippen molar-refractivity contribution in [1.82, 2.24) is 19.2 Å². The lowest BCUT2D eigenvalue weighted by molar-refractivity contribution is -0.122. The van der Waals surface area contributed by atoms with Crippen LogP contribution < -0.4 is 5.32 Å². The van der Waals surface area contributed by atoms with E-state index < -0.39 is 10.0 Å². The molecule has 1 aromatic carbocycles. The van der Waals surface area contributed by atoms with Crippen molar-refractivity contribution in [2.75, 3.05) is 26.3 Å². The van der Waals surface area contributed by atoms with Crippen LogP contribution in [0.2, 0.25) is 0 Å². The number of amides is 1. The van der Waals surface area contributed by atoms with Gasteiger partial charge in [0.05, 0.1) is 29.1 Å². The lowest BCUT2D eigenvalue weighted by Crippen LogP contribution is -2.40. The minimum absolute atomic E-state index is 0.0576. The zero-order chi connectivity index (χ0) is 22.0. The fraction of sp³-hybridized carbons (Fsp3) is 0.636. The second kappa shape index (κ2) is 9.26. The van der Waals surface area contributed by atoms with Gasteiger partial charge >= 0.3 is 0 Å². The Balaban J connectivity index is 1.43. The lowest BCUT2D eigenvalue weighted by atomic mass is 9.87. The SMILES string of the molecule is CC1CCC(NC(=O)CCc2nc3cc(S(=O)(=O)N4CCOCC4)ccc3n2C)CC1. The van der Waals surface area contributed by atoms with Crippen molar-refractivity contribution in [3.63, 3.8) is 0 Å². The topological polar surface area (TPSA) is 93.5 Å². The average Bonchev–Trinajstić information content (AvgIpc) is 3.09. The number of imidazole rings is 1. The zero-order valence-corrected chi connectivity index (χ0v) is 19.2. The molecule has 170 valence electrons. The molecule has 1 aliphatic heterocycles. The van der Waals surface area contributed by atoms with Crippen LogP contribution in [0.5, 0.6) is 0 Å². The van der Waals surface area contributed by atoms with Gasteiger partial charge in [-0.3, -0.25) is 4.79 Å². The summed E-state index contributed by atoms with van der Waals surface area (Å²) in [4.78, 5) is 17.3. The summed E-state index contributed by atoms with van der Waals surface area (Å²) in [5, 5.41) is 3.16. The minimum atomic E-state index is -3.56. The molecular formula is C22H32N4O4S. The first kappa shape index (κ1) is 22.2. The van der Waals surface area contributed by atoms with Gasteiger partial charge in [0.2, 0.25) is 15.9 Å². The highest BCUT2D eigenvalue weighted by Crippen LogP contribution is 2.25. The first-order valence-corrected chi connectivity index (χ1v) is 12.6. The number of nitrogens with zero attached hydrogens (tertiary/aromatic N) is 3. The number of ether oxygens (including phenoxy) is 1. The summed E-state index contributed by atoms with van der Waals surface area (Å²) in [7, 11) is -1.66. The van der Waals surface area contributed by atoms with Crippen LogP contribution in [-0.4, -0.2) is 60.5 Å². The van der Waals surface area contributed by atoms with Crippen LogP contribution in [0.1, 0.15) is 44.9 Å². The number of carbonyl (C=O) groups excluding carboxylic acids is 1. The maximum Gasteiger partial charge on any atom is 0.243 e. The van der Waals surface area contributed by atoms with Crippen LogP contribution in [0.3, 0.4) is 0 Å². The fourth-order valence-electron chi connectivity index (χ4n) is 4.48. The van der Waals surface area contributed by atoms with E-state index in [1.54, 1.807) is 18.2 Å². The molecule has 0 radical (unpaired) electrons. The summed E-state index contributed by atoms with van der Waals surface area (Å²) in [6, 6.07) is 5.35. The Hall–Kier alpha value is -1.97. The van der Waals surface area contributed by atoms with Crippen molar-refractivity contribution in [2.24, 2.45) is 13.0 Å². The van der Waals surface area contributed by atoms with Gasteiger partial charge in [-0.2, -0.15) is 4.31 Å². The maximum absolute atomic E-state index is 12.9. The number of aromatic nitrogens is 2. The molecule has 31 heavy (non-hydrogen) atoms. The Labute approximate surface area is 184 Å². The van der Waals surface area contributed by atoms with Gasteiger partial charge in [-0.25, -0.2) is 13.4 Å². The highest BCUT2D eigenvalue weighted by atomic mass is 32.2. The second-order valence-electron chi connectivity index (χ2n) is 8.78. The number of carbonyl (C=O) groups is 1. The molecule has 2 aliphatic rings. The summed E-state index contributed by atoms with van der Waals surface area (Å²) in [6.45, 7) is 3.82. The summed E-state index contributed by atoms with van der Waals surface area (Å²) < 4.78 is 34.5. The molecule has 1 N–H and O–H groups in total. The van der Waals surface area contributed by atoms with Gasteiger partial charge in [-0.15, -0.1) is 0 Å². The van der Waals surface area contributed by atoms with Crippen LogP contribution in [0.25, 0.3) is 11.0 Å². The molecule has 2 heterocycles. The van der Waals surface area contributed by atoms with Crippen molar-refractivity contribution >= 4 is 27.0 Å². The normalized spacial score (nSPS) is 23.2. The molecule has 1 aliphatic carbocycles. The standard InChI is InChI=1S/C22H32N4O4S/c1-16-3-5-17(6-4-16)23-22(27)10-9-21-24-19-15-18(7-8-20(19)25(21)2)31(28,29)26-11-13-30-14-12-26/h7-8,15-17H,3-6,9-14H2,1-2H3,(H,23,27). The third-order valence-electron chi connectivity index (χ3n) is 6.51. The van der Waals surface area contributed by atoms with Crippen molar-refractivity contribution in [1.29, 1.82) is 0 Å². The Morgan fingerprint density at radius 2 is 1.90 bits per heavy atom. The summed E-state index contributed by atoms with van der Waals surface area (Å²) in [5.74, 6) is 1.59. The first-order chi connectivity index (χ1) is 14.8. The third-order valence-corrected chi connectivity index (χ3v) is 8.40. The van der Waals surface area contributed by atoms with Gasteiger partial charge in [0.25, 0.3) is 0 Å². The van der Waals surface area contributed by atoms with E-state index in [2.05, 4.69) is 17.2 Å². The molecule has 0 bridgehead atoms. The fourth-order valence-corrected chi connectivity index (χ4v) is 5.91. The van der Waals surface area contributed by atoms with Gasteiger partial charge in [-0.1, -0.05) is 6.92 Å². The predicted molar refractivity (Wildman–Crippen MR) is 118 cm³/mol. The number of aryl methyl sites for hydroxylation is 2. The van der Waals surface area contributed by atoms with Crippen molar-refractivity contribution < 1.29 is 17.9 Å². The molecular weight excluding hydrogens is 416 g/mol. The Kier molecular flexibility index (Phi) is 6.64. The molecule has 1 aromatic heterocycles. The second-order valence-corrected chi connectivity index (χ2v) is 10.7. The number of rotatable bonds is 6. The molecule has 2 aromatic rings. The molecule has 1 amide bonds. The van der Waals surface area contributed by atoms with Crippen LogP contribution in [0.15, 0.2) is 23.1 Å². The number of morpholine rings is 1. The Morgan fingerprint density at radius 1 is 1.19 bits per heavy atom. The van der Waals surface area contributed by atoms with Crippen molar-refractivity contribution in [3.8, 4) is 0 Å². The monoisotopic (exact) mass is 448 g/mol. The molecule has 8 nitrogen and oxygen atoms in total. The summed E-state index contributed by atoms with van der Waals surface area (Å²) in [6.07, 6.45) is 5.35. The van der Waals surface area contributed by atoms with Gasteiger partial charge in [-0.05, 0) is 49.8 Å². The number of sulfonamides is 1. The van der Waals surface area contributed by atoms with Crippen LogP contribution in [0.4, 0.5) is 0 Å². The number of nitrogens with one attached hydrogen (secondary N) is 1. The zero-order valence-electron chi connectivity index (χ0n) is 18.3. The lowest BCUT2D eigenvalue weighted by Gasteiger charge is -2.26. The van der Waals surface area contributed by atoms with E-state index >= 15 is 0 Å². The van der Waals surface area contributed by atoms with Gasteiger partial charge in [0, 0.05) is 39.0 Å². The van der Waals surface area contributed by atoms with Crippen molar-refractivity contribution in [2.45, 2.75) is 56.4 Å². The maximum atomic E-state index is 12.9. The van der Waals surface area contributed by atoms with Crippen molar-refractivity contribution in [3.05, 3.63) is 24.0 Å². The van der Waals surface area contributed by atoms with E-state index in [9.17, 15) is 13.2 Å². The summed E-state index contributed by atoms with van der Waals surface area (Å²) >= 11 is 0. The molecule has 0 atom stereocenters. The van der Waals surface area contributed by atoms with E-state index in [1.807, 2.05) is 11.6 Å². The van der Waals surface area contributed by atoms with E-state index in [4.69, 9.17) is 4.74 Å². The molecule has 9 heteroatoms. The van der Waals surface area contributed by atoms with Crippen LogP contribution in [-0.2, 0) is 33.0 Å². The molecule has 2 fully saturated rings. The Bertz CT molecular complexity index is 1040. The number of fused-ring (bicyclic) bond motifs is 1. The van der Waals surface area contributed by atoms with E-state index in [0.29, 0.717) is 44.7 Å². The number of benzene rings is 1. The predicted octanol–water partition coefficient (Wildman–Crippen LogP) is 2.22. The van der Waals surface area contributed by atoms with E-state index in [0.717, 1.165) is 30.1 Å². The number of hydrogen-bond acceptors (Lipinski definition) is 5. The molecule has 1 saturated heterocycles. The van der Waals surface area contributed by atoms with Gasteiger partial charge < -0.3 is 14.6 Å². The summed E-state index contributed by atoms with van der Waals surface area (Å²) in [5.41, 5.74) is 1.49. The largest absolute Gasteiger partial charge is 0.379 e. The van der Waals surface area contributed by atoms with E-state index in [-0.39, 0.29) is 16.8 Å². The smallest absolute Gasteiger partial charge is 0.243 e. The van der Waals surface area contributed by atoms with E-state index in [1.165, 1.54) is 17.1 Å². The average molecular weight is 449 g/mol. The molecule has 1 saturated carbocycles. The Morgan fingerprint density at radius 3 is 2.61 bits per heavy atom. The molecule has 0 spiro atoms. The molecule has 0 unspecified atom stereocenters.